The topological polar surface area (TPSA) is 54.3 Å². The van der Waals surface area contributed by atoms with Crippen molar-refractivity contribution >= 4 is 5.82 Å². The molecule has 0 N–H and O–H groups in total. The van der Waals surface area contributed by atoms with Gasteiger partial charge < -0.3 is 9.47 Å². The summed E-state index contributed by atoms with van der Waals surface area (Å²) >= 11 is 0. The Balaban J connectivity index is 1.68. The summed E-state index contributed by atoms with van der Waals surface area (Å²) < 4.78 is 16.1. The first-order valence-corrected chi connectivity index (χ1v) is 8.70. The van der Waals surface area contributed by atoms with Gasteiger partial charge in [0.2, 0.25) is 0 Å². The van der Waals surface area contributed by atoms with Crippen LogP contribution in [-0.4, -0.2) is 45.6 Å². The average molecular weight is 345 g/mol. The zero-order valence-electron chi connectivity index (χ0n) is 14.8. The van der Waals surface area contributed by atoms with Gasteiger partial charge in [0.15, 0.2) is 11.6 Å². The number of halogens is 1. The van der Waals surface area contributed by atoms with Crippen LogP contribution in [0.5, 0.6) is 0 Å². The molecule has 25 heavy (non-hydrogen) atoms. The summed E-state index contributed by atoms with van der Waals surface area (Å²) in [7, 11) is 1.75. The molecule has 7 heteroatoms. The first-order valence-electron chi connectivity index (χ1n) is 8.70. The van der Waals surface area contributed by atoms with Crippen LogP contribution in [0.15, 0.2) is 29.5 Å². The Bertz CT molecular complexity index is 791. The Morgan fingerprint density at radius 3 is 2.80 bits per heavy atom. The van der Waals surface area contributed by atoms with Crippen molar-refractivity contribution in [3.8, 4) is 0 Å². The highest BCUT2D eigenvalue weighted by atomic mass is 19.1. The third-order valence-corrected chi connectivity index (χ3v) is 4.64. The second kappa shape index (κ2) is 7.74. The molecule has 3 rings (SSSR count). The summed E-state index contributed by atoms with van der Waals surface area (Å²) in [5.74, 6) is 0.104. The Morgan fingerprint density at radius 1 is 1.20 bits per heavy atom. The maximum atomic E-state index is 14.5. The predicted molar refractivity (Wildman–Crippen MR) is 95.2 cm³/mol. The van der Waals surface area contributed by atoms with Crippen LogP contribution in [0.4, 0.5) is 10.2 Å². The Labute approximate surface area is 146 Å². The molecule has 0 bridgehead atoms. The van der Waals surface area contributed by atoms with E-state index in [0.29, 0.717) is 24.5 Å². The average Bonchev–Trinajstić information content (AvgIpc) is 2.84. The first-order chi connectivity index (χ1) is 12.1. The van der Waals surface area contributed by atoms with Gasteiger partial charge in [-0.3, -0.25) is 9.69 Å². The van der Waals surface area contributed by atoms with Gasteiger partial charge in [-0.1, -0.05) is 6.92 Å². The van der Waals surface area contributed by atoms with E-state index < -0.39 is 0 Å². The fourth-order valence-electron chi connectivity index (χ4n) is 3.15. The van der Waals surface area contributed by atoms with E-state index in [4.69, 9.17) is 0 Å². The molecule has 1 saturated heterocycles. The van der Waals surface area contributed by atoms with E-state index in [2.05, 4.69) is 14.9 Å². The molecule has 2 aromatic heterocycles. The highest BCUT2D eigenvalue weighted by Crippen LogP contribution is 2.20. The van der Waals surface area contributed by atoms with Gasteiger partial charge in [0.1, 0.15) is 6.33 Å². The minimum atomic E-state index is -0.301. The minimum Gasteiger partial charge on any atom is -0.353 e. The van der Waals surface area contributed by atoms with E-state index in [9.17, 15) is 9.18 Å². The molecule has 6 nitrogen and oxygen atoms in total. The first kappa shape index (κ1) is 17.5. The van der Waals surface area contributed by atoms with Crippen molar-refractivity contribution in [3.63, 3.8) is 0 Å². The Kier molecular flexibility index (Phi) is 5.43. The third-order valence-electron chi connectivity index (χ3n) is 4.64. The lowest BCUT2D eigenvalue weighted by molar-refractivity contribution is 0.285. The molecule has 1 aliphatic rings. The minimum absolute atomic E-state index is 0.00380. The quantitative estimate of drug-likeness (QED) is 0.842. The zero-order valence-corrected chi connectivity index (χ0v) is 14.8. The van der Waals surface area contributed by atoms with Crippen molar-refractivity contribution in [2.75, 3.05) is 31.1 Å². The number of pyridine rings is 1. The number of nitrogens with zero attached hydrogens (tertiary/aromatic N) is 5. The molecule has 0 aliphatic carbocycles. The highest BCUT2D eigenvalue weighted by Gasteiger charge is 2.20. The molecule has 0 aromatic carbocycles. The lowest BCUT2D eigenvalue weighted by Gasteiger charge is -2.23. The third kappa shape index (κ3) is 4.04. The van der Waals surface area contributed by atoms with Gasteiger partial charge in [0, 0.05) is 52.0 Å². The number of anilines is 1. The molecule has 0 unspecified atom stereocenters. The van der Waals surface area contributed by atoms with Crippen LogP contribution in [0.25, 0.3) is 0 Å². The van der Waals surface area contributed by atoms with Crippen LogP contribution in [-0.2, 0) is 20.0 Å². The van der Waals surface area contributed by atoms with Gasteiger partial charge in [-0.15, -0.1) is 0 Å². The van der Waals surface area contributed by atoms with Crippen molar-refractivity contribution < 1.29 is 4.39 Å². The van der Waals surface area contributed by atoms with E-state index >= 15 is 0 Å². The predicted octanol–water partition coefficient (Wildman–Crippen LogP) is 1.59. The summed E-state index contributed by atoms with van der Waals surface area (Å²) in [6.45, 7) is 5.82. The van der Waals surface area contributed by atoms with Crippen LogP contribution in [0.2, 0.25) is 0 Å². The summed E-state index contributed by atoms with van der Waals surface area (Å²) in [6.07, 6.45) is 4.73. The fourth-order valence-corrected chi connectivity index (χ4v) is 3.15. The van der Waals surface area contributed by atoms with Crippen LogP contribution in [0.3, 0.4) is 0 Å². The van der Waals surface area contributed by atoms with Crippen molar-refractivity contribution in [3.05, 3.63) is 52.1 Å². The number of aromatic nitrogens is 3. The molecule has 1 fully saturated rings. The van der Waals surface area contributed by atoms with Crippen LogP contribution < -0.4 is 10.5 Å². The van der Waals surface area contributed by atoms with Crippen molar-refractivity contribution in [2.24, 2.45) is 7.05 Å². The van der Waals surface area contributed by atoms with Gasteiger partial charge in [-0.2, -0.15) is 0 Å². The molecular formula is C18H24FN5O. The van der Waals surface area contributed by atoms with E-state index in [-0.39, 0.29) is 11.4 Å². The number of hydrogen-bond acceptors (Lipinski definition) is 5. The molecule has 0 spiro atoms. The Morgan fingerprint density at radius 2 is 2.04 bits per heavy atom. The number of aryl methyl sites for hydroxylation is 2. The second-order valence-corrected chi connectivity index (χ2v) is 6.41. The molecular weight excluding hydrogens is 321 g/mol. The van der Waals surface area contributed by atoms with E-state index in [1.54, 1.807) is 23.9 Å². The van der Waals surface area contributed by atoms with Crippen LogP contribution >= 0.6 is 0 Å². The molecule has 3 heterocycles. The van der Waals surface area contributed by atoms with E-state index in [0.717, 1.165) is 38.2 Å². The Hall–Kier alpha value is -2.28. The normalized spacial score (nSPS) is 16.0. The van der Waals surface area contributed by atoms with E-state index in [1.807, 2.05) is 17.9 Å². The van der Waals surface area contributed by atoms with Crippen molar-refractivity contribution in [1.29, 1.82) is 0 Å². The van der Waals surface area contributed by atoms with Crippen LogP contribution in [0, 0.1) is 5.82 Å². The maximum absolute atomic E-state index is 14.5. The van der Waals surface area contributed by atoms with Gasteiger partial charge in [0.05, 0.1) is 5.69 Å². The highest BCUT2D eigenvalue weighted by molar-refractivity contribution is 5.41. The number of rotatable bonds is 4. The monoisotopic (exact) mass is 345 g/mol. The van der Waals surface area contributed by atoms with Crippen molar-refractivity contribution in [1.82, 2.24) is 19.4 Å². The van der Waals surface area contributed by atoms with Crippen molar-refractivity contribution in [2.45, 2.75) is 26.3 Å². The van der Waals surface area contributed by atoms with Gasteiger partial charge in [-0.05, 0) is 24.5 Å². The molecule has 2 aromatic rings. The second-order valence-electron chi connectivity index (χ2n) is 6.41. The maximum Gasteiger partial charge on any atom is 0.250 e. The summed E-state index contributed by atoms with van der Waals surface area (Å²) in [5.41, 5.74) is 1.48. The van der Waals surface area contributed by atoms with Crippen LogP contribution in [0.1, 0.15) is 24.6 Å². The standard InChI is InChI=1S/C18H24FN5O/c1-3-15-17(19)18(21-13-20-15)24-7-4-6-23(9-10-24)12-14-5-8-22(2)16(25)11-14/h5,8,11,13H,3-4,6-7,9-10,12H2,1-2H3. The summed E-state index contributed by atoms with van der Waals surface area (Å²) in [6, 6.07) is 3.65. The van der Waals surface area contributed by atoms with Gasteiger partial charge >= 0.3 is 0 Å². The largest absolute Gasteiger partial charge is 0.353 e. The smallest absolute Gasteiger partial charge is 0.250 e. The molecule has 0 radical (unpaired) electrons. The molecule has 1 aliphatic heterocycles. The van der Waals surface area contributed by atoms with E-state index in [1.165, 1.54) is 6.33 Å². The summed E-state index contributed by atoms with van der Waals surface area (Å²) in [5, 5.41) is 0. The van der Waals surface area contributed by atoms with Gasteiger partial charge in [-0.25, -0.2) is 14.4 Å². The lowest BCUT2D eigenvalue weighted by atomic mass is 10.2. The molecule has 0 atom stereocenters. The SMILES string of the molecule is CCc1ncnc(N2CCCN(Cc3ccn(C)c(=O)c3)CC2)c1F. The molecule has 0 saturated carbocycles. The summed E-state index contributed by atoms with van der Waals surface area (Å²) in [4.78, 5) is 24.2. The zero-order chi connectivity index (χ0) is 17.8. The van der Waals surface area contributed by atoms with Gasteiger partial charge in [0.25, 0.3) is 5.56 Å². The lowest BCUT2D eigenvalue weighted by Crippen LogP contribution is -2.32. The molecule has 0 amide bonds. The molecule has 134 valence electrons. The number of hydrogen-bond donors (Lipinski definition) is 0. The fraction of sp³-hybridized carbons (Fsp3) is 0.500.